The topological polar surface area (TPSA) is 55.4 Å². The molecule has 1 aliphatic carbocycles. The maximum absolute atomic E-state index is 14.1. The van der Waals surface area contributed by atoms with Crippen molar-refractivity contribution < 1.29 is 14.3 Å². The lowest BCUT2D eigenvalue weighted by Crippen LogP contribution is -2.38. The number of benzene rings is 4. The van der Waals surface area contributed by atoms with E-state index in [2.05, 4.69) is 62.5 Å². The van der Waals surface area contributed by atoms with Gasteiger partial charge in [-0.15, -0.1) is 11.8 Å². The Balaban J connectivity index is 1.59. The van der Waals surface area contributed by atoms with Crippen LogP contribution in [-0.2, 0) is 14.3 Å². The van der Waals surface area contributed by atoms with Crippen molar-refractivity contribution in [1.29, 1.82) is 0 Å². The smallest absolute Gasteiger partial charge is 0.355 e. The van der Waals surface area contributed by atoms with Crippen LogP contribution in [0.25, 0.3) is 0 Å². The van der Waals surface area contributed by atoms with Crippen LogP contribution in [-0.4, -0.2) is 18.0 Å². The lowest BCUT2D eigenvalue weighted by atomic mass is 9.75. The van der Waals surface area contributed by atoms with Crippen molar-refractivity contribution >= 4 is 23.6 Å². The zero-order valence-electron chi connectivity index (χ0n) is 25.7. The molecule has 0 spiro atoms. The van der Waals surface area contributed by atoms with E-state index in [0.717, 1.165) is 36.0 Å². The van der Waals surface area contributed by atoms with E-state index in [0.29, 0.717) is 17.4 Å². The van der Waals surface area contributed by atoms with Crippen molar-refractivity contribution in [1.82, 2.24) is 5.32 Å². The second-order valence-corrected chi connectivity index (χ2v) is 13.1. The van der Waals surface area contributed by atoms with Gasteiger partial charge in [0.05, 0.1) is 4.75 Å². The summed E-state index contributed by atoms with van der Waals surface area (Å²) in [6.45, 7) is 6.60. The molecule has 5 rings (SSSR count). The number of hydrogen-bond acceptors (Lipinski definition) is 4. The average molecular weight is 604 g/mol. The van der Waals surface area contributed by atoms with Gasteiger partial charge in [-0.3, -0.25) is 4.79 Å². The quantitative estimate of drug-likeness (QED) is 0.112. The van der Waals surface area contributed by atoms with Crippen LogP contribution in [0.5, 0.6) is 0 Å². The first-order chi connectivity index (χ1) is 21.4. The molecule has 0 unspecified atom stereocenters. The van der Waals surface area contributed by atoms with Gasteiger partial charge in [0.1, 0.15) is 11.8 Å². The SMILES string of the molecule is CC(C)[C@@H]1CC[C@@H](C)C[C@H]1OC(=O)/C(=C/SC(c1ccccc1)(c1ccccc1)c1ccccc1)NC(=O)c1ccccc1. The highest BCUT2D eigenvalue weighted by molar-refractivity contribution is 8.03. The van der Waals surface area contributed by atoms with Gasteiger partial charge in [-0.25, -0.2) is 4.79 Å². The first-order valence-electron chi connectivity index (χ1n) is 15.5. The van der Waals surface area contributed by atoms with Crippen molar-refractivity contribution in [3.8, 4) is 0 Å². The van der Waals surface area contributed by atoms with Crippen LogP contribution >= 0.6 is 11.8 Å². The second-order valence-electron chi connectivity index (χ2n) is 12.0. The number of carbonyl (C=O) groups is 2. The van der Waals surface area contributed by atoms with E-state index in [1.165, 1.54) is 11.8 Å². The third-order valence-corrected chi connectivity index (χ3v) is 10.0. The monoisotopic (exact) mass is 603 g/mol. The molecule has 1 saturated carbocycles. The Morgan fingerprint density at radius 3 is 1.73 bits per heavy atom. The zero-order chi connectivity index (χ0) is 30.9. The minimum Gasteiger partial charge on any atom is -0.457 e. The Morgan fingerprint density at radius 2 is 1.25 bits per heavy atom. The number of rotatable bonds is 10. The summed E-state index contributed by atoms with van der Waals surface area (Å²) in [4.78, 5) is 27.5. The number of hydrogen-bond donors (Lipinski definition) is 1. The van der Waals surface area contributed by atoms with Gasteiger partial charge in [0.2, 0.25) is 0 Å². The summed E-state index contributed by atoms with van der Waals surface area (Å²) in [5, 5.41) is 4.72. The summed E-state index contributed by atoms with van der Waals surface area (Å²) in [5.41, 5.74) is 3.78. The summed E-state index contributed by atoms with van der Waals surface area (Å²) in [5.74, 6) is 0.297. The molecule has 1 amide bonds. The van der Waals surface area contributed by atoms with E-state index in [-0.39, 0.29) is 23.6 Å². The molecule has 0 aromatic heterocycles. The Bertz CT molecular complexity index is 1440. The number of amides is 1. The van der Waals surface area contributed by atoms with E-state index in [1.807, 2.05) is 72.8 Å². The fraction of sp³-hybridized carbons (Fsp3) is 0.282. The van der Waals surface area contributed by atoms with Crippen LogP contribution in [0, 0.1) is 17.8 Å². The van der Waals surface area contributed by atoms with E-state index in [4.69, 9.17) is 4.74 Å². The Labute approximate surface area is 265 Å². The fourth-order valence-corrected chi connectivity index (χ4v) is 7.50. The third kappa shape index (κ3) is 7.16. The highest BCUT2D eigenvalue weighted by Crippen LogP contribution is 2.49. The third-order valence-electron chi connectivity index (χ3n) is 8.62. The van der Waals surface area contributed by atoms with Crippen molar-refractivity contribution in [3.05, 3.63) is 155 Å². The van der Waals surface area contributed by atoms with Crippen molar-refractivity contribution in [2.45, 2.75) is 50.9 Å². The number of nitrogens with one attached hydrogen (secondary N) is 1. The van der Waals surface area contributed by atoms with E-state index >= 15 is 0 Å². The average Bonchev–Trinajstić information content (AvgIpc) is 3.06. The second kappa shape index (κ2) is 14.6. The Hall–Kier alpha value is -4.09. The minimum atomic E-state index is -0.702. The highest BCUT2D eigenvalue weighted by atomic mass is 32.2. The molecule has 1 N–H and O–H groups in total. The molecule has 226 valence electrons. The molecule has 3 atom stereocenters. The molecule has 1 fully saturated rings. The van der Waals surface area contributed by atoms with Gasteiger partial charge in [-0.1, -0.05) is 136 Å². The summed E-state index contributed by atoms with van der Waals surface area (Å²) < 4.78 is 5.58. The van der Waals surface area contributed by atoms with Gasteiger partial charge in [-0.05, 0) is 59.4 Å². The number of carbonyl (C=O) groups excluding carboxylic acids is 2. The van der Waals surface area contributed by atoms with Gasteiger partial charge >= 0.3 is 5.97 Å². The van der Waals surface area contributed by atoms with E-state index in [9.17, 15) is 9.59 Å². The van der Waals surface area contributed by atoms with Gasteiger partial charge in [0.15, 0.2) is 0 Å². The molecular formula is C39H41NO3S. The molecular weight excluding hydrogens is 563 g/mol. The predicted molar refractivity (Wildman–Crippen MR) is 180 cm³/mol. The molecule has 0 radical (unpaired) electrons. The number of esters is 1. The van der Waals surface area contributed by atoms with Crippen LogP contribution in [0.4, 0.5) is 0 Å². The van der Waals surface area contributed by atoms with Gasteiger partial charge in [0, 0.05) is 11.0 Å². The van der Waals surface area contributed by atoms with Gasteiger partial charge < -0.3 is 10.1 Å². The van der Waals surface area contributed by atoms with Crippen LogP contribution in [0.1, 0.15) is 67.1 Å². The number of ether oxygens (including phenoxy) is 1. The standard InChI is InChI=1S/C39H41NO3S/c1-28(2)34-25-24-29(3)26-36(34)43-38(42)35(40-37(41)30-16-8-4-9-17-30)27-44-39(31-18-10-5-11-19-31,32-20-12-6-13-21-32)33-22-14-7-15-23-33/h4-23,27-29,34,36H,24-26H2,1-3H3,(H,40,41)/b35-27-/t29-,34+,36-/m1/s1. The largest absolute Gasteiger partial charge is 0.457 e. The van der Waals surface area contributed by atoms with Crippen LogP contribution in [0.2, 0.25) is 0 Å². The van der Waals surface area contributed by atoms with Crippen molar-refractivity contribution in [3.63, 3.8) is 0 Å². The fourth-order valence-electron chi connectivity index (χ4n) is 6.23. The van der Waals surface area contributed by atoms with E-state index < -0.39 is 10.7 Å². The molecule has 0 saturated heterocycles. The van der Waals surface area contributed by atoms with Crippen LogP contribution in [0.3, 0.4) is 0 Å². The molecule has 0 bridgehead atoms. The molecule has 4 aromatic rings. The Morgan fingerprint density at radius 1 is 0.773 bits per heavy atom. The molecule has 4 aromatic carbocycles. The Kier molecular flexibility index (Phi) is 10.4. The zero-order valence-corrected chi connectivity index (χ0v) is 26.5. The van der Waals surface area contributed by atoms with Crippen molar-refractivity contribution in [2.75, 3.05) is 0 Å². The first-order valence-corrected chi connectivity index (χ1v) is 16.4. The molecule has 0 heterocycles. The summed E-state index contributed by atoms with van der Waals surface area (Å²) >= 11 is 1.49. The molecule has 4 nitrogen and oxygen atoms in total. The summed E-state index contributed by atoms with van der Waals surface area (Å²) in [6, 6.07) is 39.8. The highest BCUT2D eigenvalue weighted by Gasteiger charge is 2.38. The maximum Gasteiger partial charge on any atom is 0.355 e. The molecule has 5 heteroatoms. The first kappa shape index (κ1) is 31.3. The maximum atomic E-state index is 14.1. The van der Waals surface area contributed by atoms with Crippen LogP contribution < -0.4 is 5.32 Å². The predicted octanol–water partition coefficient (Wildman–Crippen LogP) is 8.99. The number of thioether (sulfide) groups is 1. The normalized spacial score (nSPS) is 18.9. The molecule has 44 heavy (non-hydrogen) atoms. The minimum absolute atomic E-state index is 0.136. The summed E-state index contributed by atoms with van der Waals surface area (Å²) in [6.07, 6.45) is 2.79. The van der Waals surface area contributed by atoms with Gasteiger partial charge in [-0.2, -0.15) is 0 Å². The lowest BCUT2D eigenvalue weighted by Gasteiger charge is -2.37. The van der Waals surface area contributed by atoms with E-state index in [1.54, 1.807) is 17.5 Å². The molecule has 0 aliphatic heterocycles. The van der Waals surface area contributed by atoms with Crippen LogP contribution in [0.15, 0.2) is 132 Å². The lowest BCUT2D eigenvalue weighted by molar-refractivity contribution is -0.151. The summed E-state index contributed by atoms with van der Waals surface area (Å²) in [7, 11) is 0. The van der Waals surface area contributed by atoms with Gasteiger partial charge in [0.25, 0.3) is 5.91 Å². The van der Waals surface area contributed by atoms with Crippen molar-refractivity contribution in [2.24, 2.45) is 17.8 Å². The molecule has 1 aliphatic rings.